The van der Waals surface area contributed by atoms with Crippen molar-refractivity contribution in [3.8, 4) is 0 Å². The second-order valence-electron chi connectivity index (χ2n) is 4.47. The van der Waals surface area contributed by atoms with E-state index >= 15 is 0 Å². The highest BCUT2D eigenvalue weighted by Gasteiger charge is 2.09. The van der Waals surface area contributed by atoms with Crippen LogP contribution in [0.4, 0.5) is 5.82 Å². The number of carbonyl (C=O) groups excluding carboxylic acids is 1. The highest BCUT2D eigenvalue weighted by molar-refractivity contribution is 9.10. The largest absolute Gasteiger partial charge is 0.355 e. The Bertz CT molecular complexity index is 598. The smallest absolute Gasteiger partial charge is 0.151 e. The molecule has 0 aliphatic carbocycles. The number of halogens is 1. The van der Waals surface area contributed by atoms with Gasteiger partial charge in [-0.15, -0.1) is 0 Å². The van der Waals surface area contributed by atoms with Crippen molar-refractivity contribution in [2.45, 2.75) is 13.5 Å². The lowest BCUT2D eigenvalue weighted by Gasteiger charge is -2.21. The molecule has 1 aromatic carbocycles. The molecule has 1 heterocycles. The van der Waals surface area contributed by atoms with Gasteiger partial charge in [0.2, 0.25) is 0 Å². The summed E-state index contributed by atoms with van der Waals surface area (Å²) in [4.78, 5) is 17.1. The zero-order valence-corrected chi connectivity index (χ0v) is 12.5. The molecule has 0 spiro atoms. The van der Waals surface area contributed by atoms with Gasteiger partial charge in [-0.3, -0.25) is 4.79 Å². The monoisotopic (exact) mass is 318 g/mol. The fourth-order valence-corrected chi connectivity index (χ4v) is 2.42. The number of anilines is 1. The number of hydrogen-bond donors (Lipinski definition) is 0. The number of aromatic nitrogens is 1. The molecule has 0 N–H and O–H groups in total. The van der Waals surface area contributed by atoms with E-state index < -0.39 is 0 Å². The Hall–Kier alpha value is -1.68. The number of carbonyl (C=O) groups is 1. The first-order valence-electron chi connectivity index (χ1n) is 5.98. The zero-order chi connectivity index (χ0) is 13.8. The van der Waals surface area contributed by atoms with Crippen LogP contribution in [-0.2, 0) is 6.54 Å². The molecule has 0 aliphatic heterocycles. The predicted octanol–water partition coefficient (Wildman–Crippen LogP) is 3.60. The second-order valence-corrected chi connectivity index (χ2v) is 5.33. The van der Waals surface area contributed by atoms with Crippen molar-refractivity contribution in [2.24, 2.45) is 0 Å². The van der Waals surface area contributed by atoms with Crippen LogP contribution >= 0.6 is 15.9 Å². The Morgan fingerprint density at radius 3 is 2.74 bits per heavy atom. The second kappa shape index (κ2) is 5.97. The third kappa shape index (κ3) is 3.20. The third-order valence-corrected chi connectivity index (χ3v) is 3.71. The van der Waals surface area contributed by atoms with Crippen LogP contribution in [0.1, 0.15) is 21.5 Å². The normalized spacial score (nSPS) is 10.3. The molecule has 0 unspecified atom stereocenters. The minimum Gasteiger partial charge on any atom is -0.355 e. The fraction of sp³-hybridized carbons (Fsp3) is 0.200. The van der Waals surface area contributed by atoms with Crippen LogP contribution in [0.3, 0.4) is 0 Å². The summed E-state index contributed by atoms with van der Waals surface area (Å²) in [6.45, 7) is 2.72. The number of hydrogen-bond acceptors (Lipinski definition) is 3. The van der Waals surface area contributed by atoms with Crippen LogP contribution in [0.15, 0.2) is 41.0 Å². The predicted molar refractivity (Wildman–Crippen MR) is 80.6 cm³/mol. The Labute approximate surface area is 121 Å². The summed E-state index contributed by atoms with van der Waals surface area (Å²) < 4.78 is 1.09. The van der Waals surface area contributed by atoms with Crippen LogP contribution in [0, 0.1) is 6.92 Å². The molecule has 0 saturated carbocycles. The van der Waals surface area contributed by atoms with E-state index in [-0.39, 0.29) is 0 Å². The molecule has 19 heavy (non-hydrogen) atoms. The van der Waals surface area contributed by atoms with E-state index in [1.807, 2.05) is 38.2 Å². The average molecular weight is 319 g/mol. The van der Waals surface area contributed by atoms with Gasteiger partial charge in [-0.05, 0) is 30.2 Å². The Morgan fingerprint density at radius 2 is 2.11 bits per heavy atom. The number of nitrogens with zero attached hydrogens (tertiary/aromatic N) is 2. The van der Waals surface area contributed by atoms with E-state index in [9.17, 15) is 4.79 Å². The van der Waals surface area contributed by atoms with Crippen molar-refractivity contribution in [2.75, 3.05) is 11.9 Å². The highest BCUT2D eigenvalue weighted by Crippen LogP contribution is 2.22. The molecule has 4 heteroatoms. The van der Waals surface area contributed by atoms with E-state index in [1.165, 1.54) is 5.56 Å². The molecule has 0 bridgehead atoms. The third-order valence-electron chi connectivity index (χ3n) is 2.93. The molecule has 0 amide bonds. The first-order chi connectivity index (χ1) is 9.11. The molecule has 0 atom stereocenters. The maximum Gasteiger partial charge on any atom is 0.151 e. The molecule has 0 aliphatic rings. The first kappa shape index (κ1) is 13.7. The zero-order valence-electron chi connectivity index (χ0n) is 10.9. The summed E-state index contributed by atoms with van der Waals surface area (Å²) in [7, 11) is 2.00. The molecule has 3 nitrogen and oxygen atoms in total. The van der Waals surface area contributed by atoms with E-state index in [2.05, 4.69) is 31.9 Å². The number of aldehydes is 1. The molecule has 2 aromatic rings. The van der Waals surface area contributed by atoms with Crippen molar-refractivity contribution in [3.05, 3.63) is 57.7 Å². The molecular weight excluding hydrogens is 304 g/mol. The van der Waals surface area contributed by atoms with Gasteiger partial charge >= 0.3 is 0 Å². The number of benzene rings is 1. The molecule has 2 rings (SSSR count). The summed E-state index contributed by atoms with van der Waals surface area (Å²) >= 11 is 3.55. The lowest BCUT2D eigenvalue weighted by Crippen LogP contribution is -2.19. The highest BCUT2D eigenvalue weighted by atomic mass is 79.9. The van der Waals surface area contributed by atoms with E-state index in [1.54, 1.807) is 6.20 Å². The van der Waals surface area contributed by atoms with Crippen LogP contribution in [-0.4, -0.2) is 18.3 Å². The first-order valence-corrected chi connectivity index (χ1v) is 6.77. The van der Waals surface area contributed by atoms with E-state index in [0.29, 0.717) is 5.56 Å². The molecular formula is C15H15BrN2O. The molecule has 0 radical (unpaired) electrons. The van der Waals surface area contributed by atoms with Crippen molar-refractivity contribution in [3.63, 3.8) is 0 Å². The minimum atomic E-state index is 0.607. The number of rotatable bonds is 4. The molecule has 0 fully saturated rings. The SMILES string of the molecule is Cc1cc(C=O)cnc1N(C)Cc1ccccc1Br. The minimum absolute atomic E-state index is 0.607. The van der Waals surface area contributed by atoms with Gasteiger partial charge in [0.1, 0.15) is 5.82 Å². The lowest BCUT2D eigenvalue weighted by molar-refractivity contribution is 0.112. The summed E-state index contributed by atoms with van der Waals surface area (Å²) in [5.74, 6) is 0.890. The van der Waals surface area contributed by atoms with Gasteiger partial charge in [-0.2, -0.15) is 0 Å². The number of pyridine rings is 1. The maximum atomic E-state index is 10.7. The van der Waals surface area contributed by atoms with E-state index in [0.717, 1.165) is 28.7 Å². The standard InChI is InChI=1S/C15H15BrN2O/c1-11-7-12(10-19)8-17-15(11)18(2)9-13-5-3-4-6-14(13)16/h3-8,10H,9H2,1-2H3. The molecule has 0 saturated heterocycles. The summed E-state index contributed by atoms with van der Waals surface area (Å²) in [5.41, 5.74) is 2.81. The maximum absolute atomic E-state index is 10.7. The van der Waals surface area contributed by atoms with Crippen LogP contribution in [0.25, 0.3) is 0 Å². The van der Waals surface area contributed by atoms with Gasteiger partial charge < -0.3 is 4.90 Å². The van der Waals surface area contributed by atoms with Crippen LogP contribution < -0.4 is 4.90 Å². The van der Waals surface area contributed by atoms with Crippen molar-refractivity contribution >= 4 is 28.0 Å². The van der Waals surface area contributed by atoms with Gasteiger partial charge in [-0.25, -0.2) is 4.98 Å². The van der Waals surface area contributed by atoms with E-state index in [4.69, 9.17) is 0 Å². The van der Waals surface area contributed by atoms with Gasteiger partial charge in [0.05, 0.1) is 0 Å². The quantitative estimate of drug-likeness (QED) is 0.807. The topological polar surface area (TPSA) is 33.2 Å². The Morgan fingerprint density at radius 1 is 1.37 bits per heavy atom. The van der Waals surface area contributed by atoms with Gasteiger partial charge in [0.15, 0.2) is 6.29 Å². The summed E-state index contributed by atoms with van der Waals surface area (Å²) in [6, 6.07) is 9.97. The summed E-state index contributed by atoms with van der Waals surface area (Å²) in [5, 5.41) is 0. The summed E-state index contributed by atoms with van der Waals surface area (Å²) in [6.07, 6.45) is 2.42. The van der Waals surface area contributed by atoms with Crippen molar-refractivity contribution in [1.82, 2.24) is 4.98 Å². The van der Waals surface area contributed by atoms with Crippen LogP contribution in [0.5, 0.6) is 0 Å². The molecule has 1 aromatic heterocycles. The van der Waals surface area contributed by atoms with Gasteiger partial charge in [-0.1, -0.05) is 34.1 Å². The van der Waals surface area contributed by atoms with Crippen molar-refractivity contribution in [1.29, 1.82) is 0 Å². The van der Waals surface area contributed by atoms with Gasteiger partial charge in [0, 0.05) is 29.8 Å². The van der Waals surface area contributed by atoms with Crippen molar-refractivity contribution < 1.29 is 4.79 Å². The van der Waals surface area contributed by atoms with Gasteiger partial charge in [0.25, 0.3) is 0 Å². The Balaban J connectivity index is 2.23. The fourth-order valence-electron chi connectivity index (χ4n) is 2.01. The van der Waals surface area contributed by atoms with Crippen LogP contribution in [0.2, 0.25) is 0 Å². The average Bonchev–Trinajstić information content (AvgIpc) is 2.41. The Kier molecular flexibility index (Phi) is 4.32. The number of aryl methyl sites for hydroxylation is 1. The molecule has 98 valence electrons. The lowest BCUT2D eigenvalue weighted by atomic mass is 10.2.